The SMILES string of the molecule is Cc1cc(-n2c(C)cc(C(=O)CN(C)Cc3ccccc3Br)c2C)no1. The smallest absolute Gasteiger partial charge is 0.180 e. The normalized spacial score (nSPS) is 11.3. The van der Waals surface area contributed by atoms with Gasteiger partial charge in [-0.25, -0.2) is 0 Å². The van der Waals surface area contributed by atoms with Crippen molar-refractivity contribution in [1.82, 2.24) is 14.6 Å². The van der Waals surface area contributed by atoms with E-state index in [-0.39, 0.29) is 5.78 Å². The third-order valence-electron chi connectivity index (χ3n) is 4.39. The fourth-order valence-corrected chi connectivity index (χ4v) is 3.57. The first-order valence-corrected chi connectivity index (χ1v) is 9.24. The minimum Gasteiger partial charge on any atom is -0.360 e. The summed E-state index contributed by atoms with van der Waals surface area (Å²) in [6.07, 6.45) is 0. The molecule has 0 amide bonds. The van der Waals surface area contributed by atoms with Gasteiger partial charge in [-0.15, -0.1) is 0 Å². The average Bonchev–Trinajstić information content (AvgIpc) is 3.12. The lowest BCUT2D eigenvalue weighted by Crippen LogP contribution is -2.26. The number of carbonyl (C=O) groups is 1. The molecule has 136 valence electrons. The highest BCUT2D eigenvalue weighted by Crippen LogP contribution is 2.22. The first kappa shape index (κ1) is 18.6. The van der Waals surface area contributed by atoms with Crippen molar-refractivity contribution in [1.29, 1.82) is 0 Å². The van der Waals surface area contributed by atoms with Crippen LogP contribution in [0.1, 0.15) is 33.1 Å². The summed E-state index contributed by atoms with van der Waals surface area (Å²) in [7, 11) is 1.96. The van der Waals surface area contributed by atoms with Crippen LogP contribution in [0.15, 0.2) is 45.4 Å². The lowest BCUT2D eigenvalue weighted by atomic mass is 10.1. The van der Waals surface area contributed by atoms with E-state index in [9.17, 15) is 4.79 Å². The van der Waals surface area contributed by atoms with E-state index in [0.29, 0.717) is 18.9 Å². The molecule has 0 N–H and O–H groups in total. The predicted octanol–water partition coefficient (Wildman–Crippen LogP) is 4.47. The van der Waals surface area contributed by atoms with Gasteiger partial charge in [-0.05, 0) is 45.5 Å². The second kappa shape index (κ2) is 7.60. The number of hydrogen-bond donors (Lipinski definition) is 0. The largest absolute Gasteiger partial charge is 0.360 e. The Morgan fingerprint density at radius 3 is 2.62 bits per heavy atom. The summed E-state index contributed by atoms with van der Waals surface area (Å²) in [5.74, 6) is 1.55. The number of rotatable bonds is 6. The van der Waals surface area contributed by atoms with Gasteiger partial charge >= 0.3 is 0 Å². The summed E-state index contributed by atoms with van der Waals surface area (Å²) in [6, 6.07) is 11.9. The Bertz CT molecular complexity index is 942. The Balaban J connectivity index is 1.77. The zero-order valence-electron chi connectivity index (χ0n) is 15.4. The molecule has 0 aliphatic heterocycles. The summed E-state index contributed by atoms with van der Waals surface area (Å²) < 4.78 is 8.18. The van der Waals surface area contributed by atoms with Gasteiger partial charge in [-0.1, -0.05) is 39.3 Å². The number of halogens is 1. The zero-order valence-corrected chi connectivity index (χ0v) is 17.0. The molecule has 0 aliphatic carbocycles. The summed E-state index contributed by atoms with van der Waals surface area (Å²) >= 11 is 3.56. The van der Waals surface area contributed by atoms with E-state index in [4.69, 9.17) is 4.52 Å². The van der Waals surface area contributed by atoms with Crippen LogP contribution >= 0.6 is 15.9 Å². The summed E-state index contributed by atoms with van der Waals surface area (Å²) in [4.78, 5) is 14.9. The monoisotopic (exact) mass is 415 g/mol. The van der Waals surface area contributed by atoms with E-state index in [1.165, 1.54) is 0 Å². The molecule has 2 aromatic heterocycles. The number of likely N-dealkylation sites (N-methyl/N-ethyl adjacent to an activating group) is 1. The molecule has 0 saturated carbocycles. The number of aryl methyl sites for hydroxylation is 2. The highest BCUT2D eigenvalue weighted by Gasteiger charge is 2.19. The first-order valence-electron chi connectivity index (χ1n) is 8.44. The van der Waals surface area contributed by atoms with Gasteiger partial charge in [0.15, 0.2) is 11.6 Å². The van der Waals surface area contributed by atoms with Crippen LogP contribution in [0, 0.1) is 20.8 Å². The average molecular weight is 416 g/mol. The van der Waals surface area contributed by atoms with Gasteiger partial charge in [0.25, 0.3) is 0 Å². The maximum absolute atomic E-state index is 12.8. The van der Waals surface area contributed by atoms with Gasteiger partial charge in [0.05, 0.1) is 6.54 Å². The molecule has 1 aromatic carbocycles. The molecule has 0 unspecified atom stereocenters. The predicted molar refractivity (Wildman–Crippen MR) is 105 cm³/mol. The Kier molecular flexibility index (Phi) is 5.44. The number of Topliss-reactive ketones (excluding diaryl/α,β-unsaturated/α-hetero) is 1. The molecule has 0 fully saturated rings. The van der Waals surface area contributed by atoms with Gasteiger partial charge in [-0.2, -0.15) is 0 Å². The van der Waals surface area contributed by atoms with E-state index >= 15 is 0 Å². The summed E-state index contributed by atoms with van der Waals surface area (Å²) in [6.45, 7) is 6.82. The van der Waals surface area contributed by atoms with Crippen LogP contribution in [0.2, 0.25) is 0 Å². The Morgan fingerprint density at radius 1 is 1.23 bits per heavy atom. The van der Waals surface area contributed by atoms with Crippen LogP contribution in [-0.4, -0.2) is 34.0 Å². The maximum Gasteiger partial charge on any atom is 0.180 e. The fraction of sp³-hybridized carbons (Fsp3) is 0.300. The van der Waals surface area contributed by atoms with Crippen LogP contribution in [0.25, 0.3) is 5.82 Å². The van der Waals surface area contributed by atoms with Crippen LogP contribution in [-0.2, 0) is 6.54 Å². The number of ketones is 1. The van der Waals surface area contributed by atoms with Crippen LogP contribution in [0.5, 0.6) is 0 Å². The van der Waals surface area contributed by atoms with Crippen molar-refractivity contribution in [2.24, 2.45) is 0 Å². The van der Waals surface area contributed by atoms with Crippen molar-refractivity contribution in [2.45, 2.75) is 27.3 Å². The number of nitrogens with zero attached hydrogens (tertiary/aromatic N) is 3. The molecule has 3 rings (SSSR count). The number of aromatic nitrogens is 2. The molecule has 0 spiro atoms. The van der Waals surface area contributed by atoms with E-state index < -0.39 is 0 Å². The Labute approximate surface area is 161 Å². The van der Waals surface area contributed by atoms with Crippen molar-refractivity contribution in [3.8, 4) is 5.82 Å². The molecule has 0 radical (unpaired) electrons. The topological polar surface area (TPSA) is 51.3 Å². The van der Waals surface area contributed by atoms with Crippen LogP contribution in [0.3, 0.4) is 0 Å². The third-order valence-corrected chi connectivity index (χ3v) is 5.16. The third kappa shape index (κ3) is 3.81. The fourth-order valence-electron chi connectivity index (χ4n) is 3.16. The van der Waals surface area contributed by atoms with Crippen LogP contribution in [0.4, 0.5) is 0 Å². The number of benzene rings is 1. The molecule has 0 bridgehead atoms. The Hall–Kier alpha value is -2.18. The van der Waals surface area contributed by atoms with E-state index in [2.05, 4.69) is 27.2 Å². The van der Waals surface area contributed by atoms with E-state index in [1.807, 2.05) is 67.6 Å². The minimum absolute atomic E-state index is 0.0964. The van der Waals surface area contributed by atoms with Crippen molar-refractivity contribution in [3.05, 3.63) is 69.1 Å². The zero-order chi connectivity index (χ0) is 18.8. The van der Waals surface area contributed by atoms with Gasteiger partial charge < -0.3 is 4.52 Å². The molecule has 0 saturated heterocycles. The molecule has 2 heterocycles. The van der Waals surface area contributed by atoms with E-state index in [0.717, 1.165) is 32.7 Å². The van der Waals surface area contributed by atoms with Crippen LogP contribution < -0.4 is 0 Å². The minimum atomic E-state index is 0.0964. The lowest BCUT2D eigenvalue weighted by molar-refractivity contribution is 0.0942. The standard InChI is InChI=1S/C20H22BrN3O2/c1-13-9-17(15(3)24(13)20-10-14(2)26-22-20)19(25)12-23(4)11-16-7-5-6-8-18(16)21/h5-10H,11-12H2,1-4H3. The summed E-state index contributed by atoms with van der Waals surface area (Å²) in [5, 5.41) is 4.07. The van der Waals surface area contributed by atoms with Gasteiger partial charge in [0.1, 0.15) is 5.76 Å². The first-order chi connectivity index (χ1) is 12.4. The van der Waals surface area contributed by atoms with Crippen molar-refractivity contribution >= 4 is 21.7 Å². The molecule has 3 aromatic rings. The molecule has 0 aliphatic rings. The highest BCUT2D eigenvalue weighted by molar-refractivity contribution is 9.10. The van der Waals surface area contributed by atoms with Gasteiger partial charge in [0.2, 0.25) is 0 Å². The second-order valence-corrected chi connectivity index (χ2v) is 7.46. The van der Waals surface area contributed by atoms with Crippen molar-refractivity contribution in [3.63, 3.8) is 0 Å². The molecule has 6 heteroatoms. The molecular formula is C20H22BrN3O2. The van der Waals surface area contributed by atoms with Gasteiger partial charge in [0, 0.05) is 34.0 Å². The second-order valence-electron chi connectivity index (χ2n) is 6.60. The number of carbonyl (C=O) groups excluding carboxylic acids is 1. The quantitative estimate of drug-likeness (QED) is 0.557. The maximum atomic E-state index is 12.8. The van der Waals surface area contributed by atoms with E-state index in [1.54, 1.807) is 0 Å². The lowest BCUT2D eigenvalue weighted by Gasteiger charge is -2.16. The molecule has 0 atom stereocenters. The summed E-state index contributed by atoms with van der Waals surface area (Å²) in [5.41, 5.74) is 3.73. The highest BCUT2D eigenvalue weighted by atomic mass is 79.9. The molecule has 26 heavy (non-hydrogen) atoms. The molecule has 5 nitrogen and oxygen atoms in total. The molecular weight excluding hydrogens is 394 g/mol. The van der Waals surface area contributed by atoms with Crippen molar-refractivity contribution in [2.75, 3.05) is 13.6 Å². The Morgan fingerprint density at radius 2 is 1.96 bits per heavy atom. The van der Waals surface area contributed by atoms with Gasteiger partial charge in [-0.3, -0.25) is 14.3 Å². The van der Waals surface area contributed by atoms with Crippen molar-refractivity contribution < 1.29 is 9.32 Å². The number of hydrogen-bond acceptors (Lipinski definition) is 4.